The van der Waals surface area contributed by atoms with Crippen molar-refractivity contribution in [2.75, 3.05) is 0 Å². The fourth-order valence-electron chi connectivity index (χ4n) is 1.93. The van der Waals surface area contributed by atoms with Gasteiger partial charge in [-0.1, -0.05) is 59.6 Å². The van der Waals surface area contributed by atoms with Crippen LogP contribution in [0.5, 0.6) is 0 Å². The molecular weight excluding hydrogens is 307 g/mol. The molecule has 0 aromatic heterocycles. The van der Waals surface area contributed by atoms with Crippen molar-refractivity contribution < 1.29 is 4.79 Å². The van der Waals surface area contributed by atoms with E-state index in [4.69, 9.17) is 28.9 Å². The third-order valence-corrected chi connectivity index (χ3v) is 3.69. The molecular formula is C16H16Cl2N2O. The smallest absolute Gasteiger partial charge is 0.237 e. The van der Waals surface area contributed by atoms with Crippen LogP contribution in [0.2, 0.25) is 10.0 Å². The Balaban J connectivity index is 1.90. The van der Waals surface area contributed by atoms with Crippen LogP contribution in [0.3, 0.4) is 0 Å². The molecule has 0 spiro atoms. The fourth-order valence-corrected chi connectivity index (χ4v) is 2.42. The predicted molar refractivity (Wildman–Crippen MR) is 86.4 cm³/mol. The monoisotopic (exact) mass is 322 g/mol. The molecule has 21 heavy (non-hydrogen) atoms. The fraction of sp³-hybridized carbons (Fsp3) is 0.188. The Morgan fingerprint density at radius 2 is 1.86 bits per heavy atom. The minimum absolute atomic E-state index is 0.204. The van der Waals surface area contributed by atoms with Gasteiger partial charge in [-0.25, -0.2) is 0 Å². The third kappa shape index (κ3) is 4.74. The Morgan fingerprint density at radius 1 is 1.14 bits per heavy atom. The largest absolute Gasteiger partial charge is 0.351 e. The molecule has 0 bridgehead atoms. The predicted octanol–water partition coefficient (Wildman–Crippen LogP) is 3.18. The highest BCUT2D eigenvalue weighted by Crippen LogP contribution is 2.21. The molecule has 0 radical (unpaired) electrons. The summed E-state index contributed by atoms with van der Waals surface area (Å²) in [5.74, 6) is -0.204. The van der Waals surface area contributed by atoms with Crippen LogP contribution in [-0.4, -0.2) is 11.9 Å². The molecule has 5 heteroatoms. The number of carbonyl (C=O) groups excluding carboxylic acids is 1. The Morgan fingerprint density at radius 3 is 2.52 bits per heavy atom. The van der Waals surface area contributed by atoms with Crippen molar-refractivity contribution in [2.45, 2.75) is 19.0 Å². The normalized spacial score (nSPS) is 12.0. The van der Waals surface area contributed by atoms with Crippen LogP contribution in [-0.2, 0) is 17.8 Å². The van der Waals surface area contributed by atoms with Gasteiger partial charge in [0.1, 0.15) is 0 Å². The molecule has 0 saturated carbocycles. The second-order valence-corrected chi connectivity index (χ2v) is 5.59. The molecule has 0 aliphatic heterocycles. The molecule has 2 aromatic carbocycles. The first-order valence-corrected chi connectivity index (χ1v) is 7.33. The zero-order valence-electron chi connectivity index (χ0n) is 11.4. The molecule has 2 rings (SSSR count). The highest BCUT2D eigenvalue weighted by atomic mass is 35.5. The number of rotatable bonds is 5. The quantitative estimate of drug-likeness (QED) is 0.888. The molecule has 1 atom stereocenters. The molecule has 3 nitrogen and oxygen atoms in total. The molecule has 0 saturated heterocycles. The van der Waals surface area contributed by atoms with E-state index in [0.717, 1.165) is 11.1 Å². The summed E-state index contributed by atoms with van der Waals surface area (Å²) in [6.45, 7) is 0.460. The van der Waals surface area contributed by atoms with Gasteiger partial charge in [0.25, 0.3) is 0 Å². The van der Waals surface area contributed by atoms with E-state index in [2.05, 4.69) is 5.32 Å². The second kappa shape index (κ2) is 7.46. The first kappa shape index (κ1) is 15.8. The zero-order valence-corrected chi connectivity index (χ0v) is 12.9. The first-order valence-electron chi connectivity index (χ1n) is 6.57. The van der Waals surface area contributed by atoms with Crippen molar-refractivity contribution in [3.05, 3.63) is 69.7 Å². The van der Waals surface area contributed by atoms with Crippen LogP contribution in [0.4, 0.5) is 0 Å². The van der Waals surface area contributed by atoms with Crippen molar-refractivity contribution in [3.8, 4) is 0 Å². The minimum Gasteiger partial charge on any atom is -0.351 e. The lowest BCUT2D eigenvalue weighted by molar-refractivity contribution is -0.122. The van der Waals surface area contributed by atoms with Gasteiger partial charge in [-0.05, 0) is 29.7 Å². The van der Waals surface area contributed by atoms with E-state index in [9.17, 15) is 4.79 Å². The highest BCUT2D eigenvalue weighted by molar-refractivity contribution is 6.35. The second-order valence-electron chi connectivity index (χ2n) is 4.75. The van der Waals surface area contributed by atoms with E-state index < -0.39 is 6.04 Å². The summed E-state index contributed by atoms with van der Waals surface area (Å²) in [5, 5.41) is 3.90. The highest BCUT2D eigenvalue weighted by Gasteiger charge is 2.15. The average Bonchev–Trinajstić information content (AvgIpc) is 2.48. The number of nitrogens with one attached hydrogen (secondary N) is 1. The lowest BCUT2D eigenvalue weighted by Gasteiger charge is -2.13. The van der Waals surface area contributed by atoms with Crippen molar-refractivity contribution >= 4 is 29.1 Å². The molecule has 0 aliphatic rings. The van der Waals surface area contributed by atoms with E-state index in [-0.39, 0.29) is 5.91 Å². The summed E-state index contributed by atoms with van der Waals surface area (Å²) in [5.41, 5.74) is 7.76. The van der Waals surface area contributed by atoms with Gasteiger partial charge in [0.2, 0.25) is 5.91 Å². The van der Waals surface area contributed by atoms with Gasteiger partial charge in [0, 0.05) is 16.6 Å². The van der Waals surface area contributed by atoms with Gasteiger partial charge >= 0.3 is 0 Å². The molecule has 0 aliphatic carbocycles. The lowest BCUT2D eigenvalue weighted by Crippen LogP contribution is -2.41. The van der Waals surface area contributed by atoms with Crippen LogP contribution in [0.15, 0.2) is 48.5 Å². The average molecular weight is 323 g/mol. The summed E-state index contributed by atoms with van der Waals surface area (Å²) in [6, 6.07) is 14.2. The summed E-state index contributed by atoms with van der Waals surface area (Å²) in [6.07, 6.45) is 0.372. The molecule has 3 N–H and O–H groups in total. The van der Waals surface area contributed by atoms with E-state index in [1.165, 1.54) is 0 Å². The van der Waals surface area contributed by atoms with Gasteiger partial charge in [0.05, 0.1) is 6.04 Å². The van der Waals surface area contributed by atoms with E-state index >= 15 is 0 Å². The SMILES string of the molecule is N[C@H](Cc1ccc(Cl)cc1Cl)C(=O)NCc1ccccc1. The summed E-state index contributed by atoms with van der Waals surface area (Å²) in [7, 11) is 0. The van der Waals surface area contributed by atoms with Gasteiger partial charge in [-0.15, -0.1) is 0 Å². The zero-order chi connectivity index (χ0) is 15.2. The van der Waals surface area contributed by atoms with E-state index in [1.807, 2.05) is 30.3 Å². The molecule has 0 heterocycles. The van der Waals surface area contributed by atoms with E-state index in [1.54, 1.807) is 18.2 Å². The maximum Gasteiger partial charge on any atom is 0.237 e. The number of hydrogen-bond acceptors (Lipinski definition) is 2. The Bertz CT molecular complexity index is 617. The maximum absolute atomic E-state index is 12.0. The Hall–Kier alpha value is -1.55. The number of benzene rings is 2. The number of carbonyl (C=O) groups is 1. The number of amides is 1. The number of halogens is 2. The van der Waals surface area contributed by atoms with Crippen LogP contribution in [0, 0.1) is 0 Å². The molecule has 0 fully saturated rings. The third-order valence-electron chi connectivity index (χ3n) is 3.10. The van der Waals surface area contributed by atoms with Crippen LogP contribution in [0.1, 0.15) is 11.1 Å². The Kier molecular flexibility index (Phi) is 5.62. The summed E-state index contributed by atoms with van der Waals surface area (Å²) < 4.78 is 0. The molecule has 2 aromatic rings. The van der Waals surface area contributed by atoms with Crippen molar-refractivity contribution in [1.29, 1.82) is 0 Å². The molecule has 0 unspecified atom stereocenters. The van der Waals surface area contributed by atoms with Crippen molar-refractivity contribution in [2.24, 2.45) is 5.73 Å². The summed E-state index contributed by atoms with van der Waals surface area (Å²) in [4.78, 5) is 12.0. The topological polar surface area (TPSA) is 55.1 Å². The van der Waals surface area contributed by atoms with Gasteiger partial charge < -0.3 is 11.1 Å². The lowest BCUT2D eigenvalue weighted by atomic mass is 10.1. The van der Waals surface area contributed by atoms with Gasteiger partial charge in [-0.2, -0.15) is 0 Å². The maximum atomic E-state index is 12.0. The van der Waals surface area contributed by atoms with Crippen molar-refractivity contribution in [1.82, 2.24) is 5.32 Å². The van der Waals surface area contributed by atoms with Gasteiger partial charge in [-0.3, -0.25) is 4.79 Å². The van der Waals surface area contributed by atoms with Crippen LogP contribution >= 0.6 is 23.2 Å². The number of hydrogen-bond donors (Lipinski definition) is 2. The van der Waals surface area contributed by atoms with E-state index in [0.29, 0.717) is 23.0 Å². The van der Waals surface area contributed by atoms with Crippen molar-refractivity contribution in [3.63, 3.8) is 0 Å². The summed E-state index contributed by atoms with van der Waals surface area (Å²) >= 11 is 11.9. The van der Waals surface area contributed by atoms with Crippen LogP contribution < -0.4 is 11.1 Å². The van der Waals surface area contributed by atoms with Crippen LogP contribution in [0.25, 0.3) is 0 Å². The first-order chi connectivity index (χ1) is 10.1. The van der Waals surface area contributed by atoms with Gasteiger partial charge in [0.15, 0.2) is 0 Å². The number of nitrogens with two attached hydrogens (primary N) is 1. The minimum atomic E-state index is -0.646. The Labute approximate surface area is 134 Å². The molecule has 1 amide bonds. The standard InChI is InChI=1S/C16H16Cl2N2O/c17-13-7-6-12(14(18)9-13)8-15(19)16(21)20-10-11-4-2-1-3-5-11/h1-7,9,15H,8,10,19H2,(H,20,21)/t15-/m1/s1. The molecule has 110 valence electrons.